The van der Waals surface area contributed by atoms with Gasteiger partial charge in [-0.05, 0) is 31.3 Å². The number of benzene rings is 1. The number of carbonyl (C=O) groups is 1. The minimum absolute atomic E-state index is 0.000997. The Morgan fingerprint density at radius 3 is 2.62 bits per heavy atom. The fraction of sp³-hybridized carbons (Fsp3) is 0.312. The number of amides is 1. The molecule has 1 amide bonds. The lowest BCUT2D eigenvalue weighted by Crippen LogP contribution is -2.31. The number of halogens is 1. The number of furan rings is 1. The molecule has 1 aromatic carbocycles. The molecular formula is C16H19BrN2O2. The summed E-state index contributed by atoms with van der Waals surface area (Å²) in [5.41, 5.74) is 1.06. The van der Waals surface area contributed by atoms with Crippen molar-refractivity contribution in [3.8, 4) is 11.3 Å². The lowest BCUT2D eigenvalue weighted by atomic mass is 10.2. The standard InChI is InChI=1S/C16H19BrN2O2/c1-12(20)18-9-10-19(2)11-15-7-8-16(21-15)13-3-5-14(17)6-4-13/h3-8H,9-11H2,1-2H3,(H,18,20). The van der Waals surface area contributed by atoms with E-state index in [1.165, 1.54) is 6.92 Å². The molecule has 0 bridgehead atoms. The van der Waals surface area contributed by atoms with Gasteiger partial charge >= 0.3 is 0 Å². The summed E-state index contributed by atoms with van der Waals surface area (Å²) in [5.74, 6) is 1.78. The molecular weight excluding hydrogens is 332 g/mol. The van der Waals surface area contributed by atoms with Crippen LogP contribution in [0.5, 0.6) is 0 Å². The minimum Gasteiger partial charge on any atom is -0.460 e. The van der Waals surface area contributed by atoms with Crippen molar-refractivity contribution >= 4 is 21.8 Å². The highest BCUT2D eigenvalue weighted by Gasteiger charge is 2.07. The third-order valence-corrected chi connectivity index (χ3v) is 3.61. The third-order valence-electron chi connectivity index (χ3n) is 3.08. The highest BCUT2D eigenvalue weighted by atomic mass is 79.9. The molecule has 5 heteroatoms. The van der Waals surface area contributed by atoms with Gasteiger partial charge in [0.2, 0.25) is 5.91 Å². The lowest BCUT2D eigenvalue weighted by molar-refractivity contribution is -0.119. The molecule has 0 aliphatic carbocycles. The van der Waals surface area contributed by atoms with Crippen molar-refractivity contribution in [1.82, 2.24) is 10.2 Å². The van der Waals surface area contributed by atoms with Crippen LogP contribution in [0.15, 0.2) is 45.3 Å². The number of nitrogens with zero attached hydrogens (tertiary/aromatic N) is 1. The normalized spacial score (nSPS) is 10.9. The number of hydrogen-bond acceptors (Lipinski definition) is 3. The van der Waals surface area contributed by atoms with Crippen LogP contribution < -0.4 is 5.32 Å². The van der Waals surface area contributed by atoms with Crippen molar-refractivity contribution in [2.75, 3.05) is 20.1 Å². The zero-order valence-corrected chi connectivity index (χ0v) is 13.8. The molecule has 2 rings (SSSR count). The second kappa shape index (κ2) is 7.43. The van der Waals surface area contributed by atoms with Gasteiger partial charge in [0, 0.05) is 30.0 Å². The number of rotatable bonds is 6. The Kier molecular flexibility index (Phi) is 5.59. The number of hydrogen-bond donors (Lipinski definition) is 1. The van der Waals surface area contributed by atoms with Crippen LogP contribution in [0.2, 0.25) is 0 Å². The van der Waals surface area contributed by atoms with Crippen molar-refractivity contribution in [2.45, 2.75) is 13.5 Å². The van der Waals surface area contributed by atoms with Gasteiger partial charge in [0.15, 0.2) is 0 Å². The highest BCUT2D eigenvalue weighted by Crippen LogP contribution is 2.24. The van der Waals surface area contributed by atoms with Crippen LogP contribution in [0.4, 0.5) is 0 Å². The van der Waals surface area contributed by atoms with Gasteiger partial charge < -0.3 is 9.73 Å². The first-order valence-corrected chi connectivity index (χ1v) is 7.61. The predicted octanol–water partition coefficient (Wildman–Crippen LogP) is 3.28. The predicted molar refractivity (Wildman–Crippen MR) is 86.9 cm³/mol. The number of nitrogens with one attached hydrogen (secondary N) is 1. The van der Waals surface area contributed by atoms with Gasteiger partial charge in [-0.1, -0.05) is 28.1 Å². The summed E-state index contributed by atoms with van der Waals surface area (Å²) in [7, 11) is 2.00. The second-order valence-corrected chi connectivity index (χ2v) is 5.91. The van der Waals surface area contributed by atoms with E-state index in [0.29, 0.717) is 6.54 Å². The largest absolute Gasteiger partial charge is 0.460 e. The average Bonchev–Trinajstić information content (AvgIpc) is 2.87. The molecule has 0 atom stereocenters. The van der Waals surface area contributed by atoms with Crippen LogP contribution in [-0.2, 0) is 11.3 Å². The van der Waals surface area contributed by atoms with Gasteiger partial charge in [0.05, 0.1) is 6.54 Å². The van der Waals surface area contributed by atoms with E-state index in [9.17, 15) is 4.79 Å². The molecule has 0 aliphatic rings. The summed E-state index contributed by atoms with van der Waals surface area (Å²) in [5, 5.41) is 2.78. The Hall–Kier alpha value is -1.59. The molecule has 21 heavy (non-hydrogen) atoms. The van der Waals surface area contributed by atoms with E-state index in [1.807, 2.05) is 43.4 Å². The van der Waals surface area contributed by atoms with Gasteiger partial charge in [0.1, 0.15) is 11.5 Å². The summed E-state index contributed by atoms with van der Waals surface area (Å²) in [4.78, 5) is 12.9. The van der Waals surface area contributed by atoms with Gasteiger partial charge in [0.25, 0.3) is 0 Å². The molecule has 0 spiro atoms. The Morgan fingerprint density at radius 1 is 1.24 bits per heavy atom. The first-order chi connectivity index (χ1) is 10.0. The third kappa shape index (κ3) is 5.02. The van der Waals surface area contributed by atoms with Gasteiger partial charge in [-0.15, -0.1) is 0 Å². The second-order valence-electron chi connectivity index (χ2n) is 4.99. The minimum atomic E-state index is -0.000997. The Bertz CT molecular complexity index is 593. The van der Waals surface area contributed by atoms with E-state index in [2.05, 4.69) is 26.1 Å². The topological polar surface area (TPSA) is 45.5 Å². The van der Waals surface area contributed by atoms with Crippen molar-refractivity contribution in [1.29, 1.82) is 0 Å². The van der Waals surface area contributed by atoms with Crippen molar-refractivity contribution in [2.24, 2.45) is 0 Å². The molecule has 0 saturated carbocycles. The average molecular weight is 351 g/mol. The molecule has 1 heterocycles. The number of likely N-dealkylation sites (N-methyl/N-ethyl adjacent to an activating group) is 1. The van der Waals surface area contributed by atoms with Crippen molar-refractivity contribution in [3.63, 3.8) is 0 Å². The van der Waals surface area contributed by atoms with Crippen LogP contribution in [-0.4, -0.2) is 30.9 Å². The van der Waals surface area contributed by atoms with Crippen molar-refractivity contribution < 1.29 is 9.21 Å². The van der Waals surface area contributed by atoms with Gasteiger partial charge in [-0.3, -0.25) is 9.69 Å². The molecule has 2 aromatic rings. The molecule has 1 aromatic heterocycles. The maximum Gasteiger partial charge on any atom is 0.216 e. The van der Waals surface area contributed by atoms with E-state index >= 15 is 0 Å². The van der Waals surface area contributed by atoms with Crippen molar-refractivity contribution in [3.05, 3.63) is 46.6 Å². The van der Waals surface area contributed by atoms with Gasteiger partial charge in [-0.2, -0.15) is 0 Å². The van der Waals surface area contributed by atoms with Crippen LogP contribution >= 0.6 is 15.9 Å². The van der Waals surface area contributed by atoms with Crippen LogP contribution in [0.25, 0.3) is 11.3 Å². The fourth-order valence-electron chi connectivity index (χ4n) is 2.00. The lowest BCUT2D eigenvalue weighted by Gasteiger charge is -2.14. The Balaban J connectivity index is 1.90. The first kappa shape index (κ1) is 15.8. The SMILES string of the molecule is CC(=O)NCCN(C)Cc1ccc(-c2ccc(Br)cc2)o1. The van der Waals surface area contributed by atoms with Crippen LogP contribution in [0.1, 0.15) is 12.7 Å². The first-order valence-electron chi connectivity index (χ1n) is 6.82. The zero-order valence-electron chi connectivity index (χ0n) is 12.2. The maximum absolute atomic E-state index is 10.8. The molecule has 1 N–H and O–H groups in total. The fourth-order valence-corrected chi connectivity index (χ4v) is 2.26. The van der Waals surface area contributed by atoms with E-state index < -0.39 is 0 Å². The summed E-state index contributed by atoms with van der Waals surface area (Å²) >= 11 is 3.42. The molecule has 0 fully saturated rings. The smallest absolute Gasteiger partial charge is 0.216 e. The monoisotopic (exact) mass is 350 g/mol. The van der Waals surface area contributed by atoms with E-state index in [1.54, 1.807) is 0 Å². The maximum atomic E-state index is 10.8. The Morgan fingerprint density at radius 2 is 1.95 bits per heavy atom. The Labute approximate surface area is 133 Å². The van der Waals surface area contributed by atoms with E-state index in [-0.39, 0.29) is 5.91 Å². The summed E-state index contributed by atoms with van der Waals surface area (Å²) in [6.07, 6.45) is 0. The van der Waals surface area contributed by atoms with E-state index in [4.69, 9.17) is 4.42 Å². The number of carbonyl (C=O) groups excluding carboxylic acids is 1. The zero-order chi connectivity index (χ0) is 15.2. The molecule has 0 saturated heterocycles. The van der Waals surface area contributed by atoms with Crippen LogP contribution in [0, 0.1) is 0 Å². The quantitative estimate of drug-likeness (QED) is 0.869. The molecule has 0 unspecified atom stereocenters. The van der Waals surface area contributed by atoms with Crippen LogP contribution in [0.3, 0.4) is 0 Å². The highest BCUT2D eigenvalue weighted by molar-refractivity contribution is 9.10. The van der Waals surface area contributed by atoms with E-state index in [0.717, 1.165) is 34.6 Å². The molecule has 0 aliphatic heterocycles. The molecule has 112 valence electrons. The molecule has 4 nitrogen and oxygen atoms in total. The summed E-state index contributed by atoms with van der Waals surface area (Å²) in [6.45, 7) is 3.67. The molecule has 0 radical (unpaired) electrons. The van der Waals surface area contributed by atoms with Gasteiger partial charge in [-0.25, -0.2) is 0 Å². The summed E-state index contributed by atoms with van der Waals surface area (Å²) in [6, 6.07) is 12.0. The summed E-state index contributed by atoms with van der Waals surface area (Å²) < 4.78 is 6.91.